The number of hydrogen-bond acceptors (Lipinski definition) is 5. The molecule has 1 aliphatic heterocycles. The molecule has 1 heterocycles. The average Bonchev–Trinajstić information content (AvgIpc) is 3.48. The molecule has 2 atom stereocenters. The van der Waals surface area contributed by atoms with Crippen LogP contribution in [0.25, 0.3) is 0 Å². The van der Waals surface area contributed by atoms with Gasteiger partial charge >= 0.3 is 0 Å². The van der Waals surface area contributed by atoms with Gasteiger partial charge in [-0.2, -0.15) is 0 Å². The highest BCUT2D eigenvalue weighted by atomic mass is 35.5. The Balaban J connectivity index is 1.59. The largest absolute Gasteiger partial charge is 0.348 e. The molecular weight excluding hydrogens is 519 g/mol. The molecule has 0 unspecified atom stereocenters. The van der Waals surface area contributed by atoms with Crippen LogP contribution in [0.15, 0.2) is 97.1 Å². The van der Waals surface area contributed by atoms with Gasteiger partial charge in [0.05, 0.1) is 5.92 Å². The maximum absolute atomic E-state index is 14.5. The zero-order valence-electron chi connectivity index (χ0n) is 20.2. The minimum absolute atomic E-state index is 0.159. The van der Waals surface area contributed by atoms with Crippen molar-refractivity contribution in [2.24, 2.45) is 5.41 Å². The lowest BCUT2D eigenvalue weighted by atomic mass is 9.60. The summed E-state index contributed by atoms with van der Waals surface area (Å²) in [6.45, 7) is 0. The van der Waals surface area contributed by atoms with E-state index in [-0.39, 0.29) is 22.3 Å². The Morgan fingerprint density at radius 1 is 0.590 bits per heavy atom. The first-order valence-electron chi connectivity index (χ1n) is 12.4. The van der Waals surface area contributed by atoms with Crippen molar-refractivity contribution in [3.05, 3.63) is 141 Å². The second kappa shape index (κ2) is 8.12. The minimum Gasteiger partial charge on any atom is -0.348 e. The molecule has 2 spiro atoms. The Hall–Kier alpha value is -4.26. The molecule has 0 aromatic heterocycles. The van der Waals surface area contributed by atoms with Crippen molar-refractivity contribution in [1.29, 1.82) is 0 Å². The summed E-state index contributed by atoms with van der Waals surface area (Å²) >= 11 is 6.19. The van der Waals surface area contributed by atoms with Gasteiger partial charge in [-0.25, -0.2) is 4.39 Å². The standard InChI is InChI=1S/C32H18ClFO5/c33-19-13-9-17(10-14-19)25-31(26(35)21-5-1-2-6-22(21)27(31)36)30(18-11-15-20(34)16-12-18)39-32(25)28(37)23-7-3-4-8-24(23)29(32)38/h1-16,25,30H/t25-,30-/m1/s1. The molecule has 190 valence electrons. The number of fused-ring (bicyclic) bond motifs is 2. The zero-order chi connectivity index (χ0) is 27.1. The van der Waals surface area contributed by atoms with E-state index in [0.29, 0.717) is 16.1 Å². The van der Waals surface area contributed by atoms with Gasteiger partial charge < -0.3 is 4.74 Å². The molecule has 0 bridgehead atoms. The Labute approximate surface area is 227 Å². The molecule has 2 aliphatic carbocycles. The van der Waals surface area contributed by atoms with Gasteiger partial charge in [0.1, 0.15) is 17.3 Å². The van der Waals surface area contributed by atoms with Crippen LogP contribution in [0.1, 0.15) is 64.6 Å². The third-order valence-electron chi connectivity index (χ3n) is 8.21. The van der Waals surface area contributed by atoms with E-state index in [9.17, 15) is 23.6 Å². The van der Waals surface area contributed by atoms with Crippen LogP contribution in [-0.4, -0.2) is 28.7 Å². The first-order valence-corrected chi connectivity index (χ1v) is 12.8. The molecule has 5 nitrogen and oxygen atoms in total. The van der Waals surface area contributed by atoms with Crippen LogP contribution in [0.2, 0.25) is 5.02 Å². The monoisotopic (exact) mass is 536 g/mol. The Morgan fingerprint density at radius 3 is 1.51 bits per heavy atom. The van der Waals surface area contributed by atoms with Gasteiger partial charge in [0.2, 0.25) is 17.2 Å². The Bertz CT molecular complexity index is 1670. The molecule has 1 saturated heterocycles. The lowest BCUT2D eigenvalue weighted by molar-refractivity contribution is -0.0210. The molecule has 0 radical (unpaired) electrons. The second-order valence-corrected chi connectivity index (χ2v) is 10.5. The topological polar surface area (TPSA) is 77.5 Å². The van der Waals surface area contributed by atoms with Crippen molar-refractivity contribution in [2.45, 2.75) is 17.6 Å². The smallest absolute Gasteiger partial charge is 0.204 e. The van der Waals surface area contributed by atoms with Gasteiger partial charge in [-0.05, 0) is 35.4 Å². The predicted molar refractivity (Wildman–Crippen MR) is 140 cm³/mol. The fourth-order valence-electron chi connectivity index (χ4n) is 6.62. The summed E-state index contributed by atoms with van der Waals surface area (Å²) in [5, 5.41) is 0.399. The predicted octanol–water partition coefficient (Wildman–Crippen LogP) is 6.22. The highest BCUT2D eigenvalue weighted by Gasteiger charge is 2.79. The van der Waals surface area contributed by atoms with Crippen LogP contribution in [0.3, 0.4) is 0 Å². The molecule has 0 amide bonds. The molecule has 7 heteroatoms. The van der Waals surface area contributed by atoms with Gasteiger partial charge in [-0.1, -0.05) is 84.4 Å². The first-order chi connectivity index (χ1) is 18.8. The van der Waals surface area contributed by atoms with E-state index in [0.717, 1.165) is 0 Å². The number of ether oxygens (including phenoxy) is 1. The molecular formula is C32H18ClFO5. The average molecular weight is 537 g/mol. The maximum atomic E-state index is 14.5. The summed E-state index contributed by atoms with van der Waals surface area (Å²) in [7, 11) is 0. The quantitative estimate of drug-likeness (QED) is 0.284. The molecule has 3 aliphatic rings. The summed E-state index contributed by atoms with van der Waals surface area (Å²) in [5.74, 6) is -4.19. The van der Waals surface area contributed by atoms with Crippen molar-refractivity contribution in [3.8, 4) is 0 Å². The van der Waals surface area contributed by atoms with Crippen molar-refractivity contribution in [3.63, 3.8) is 0 Å². The number of ketones is 4. The summed E-state index contributed by atoms with van der Waals surface area (Å²) in [5.41, 5.74) is -2.84. The SMILES string of the molecule is O=C1c2ccccc2C(=O)C12O[C@H](c1ccc(F)cc1)C1(C(=O)c3ccccc3C1=O)[C@H]2c1ccc(Cl)cc1. The van der Waals surface area contributed by atoms with E-state index >= 15 is 0 Å². The van der Waals surface area contributed by atoms with Crippen LogP contribution in [0.5, 0.6) is 0 Å². The summed E-state index contributed by atoms with van der Waals surface area (Å²) in [6, 6.07) is 24.4. The molecule has 7 rings (SSSR count). The van der Waals surface area contributed by atoms with E-state index in [1.54, 1.807) is 60.7 Å². The van der Waals surface area contributed by atoms with Crippen LogP contribution in [-0.2, 0) is 4.74 Å². The molecule has 1 fully saturated rings. The van der Waals surface area contributed by atoms with Gasteiger partial charge in [-0.3, -0.25) is 19.2 Å². The zero-order valence-corrected chi connectivity index (χ0v) is 20.9. The van der Waals surface area contributed by atoms with E-state index < -0.39 is 52.0 Å². The third-order valence-corrected chi connectivity index (χ3v) is 8.47. The highest BCUT2D eigenvalue weighted by molar-refractivity contribution is 6.37. The van der Waals surface area contributed by atoms with Crippen LogP contribution in [0, 0.1) is 11.2 Å². The number of carbonyl (C=O) groups is 4. The molecule has 0 saturated carbocycles. The fraction of sp³-hybridized carbons (Fsp3) is 0.125. The van der Waals surface area contributed by atoms with Crippen LogP contribution < -0.4 is 0 Å². The Morgan fingerprint density at radius 2 is 1.03 bits per heavy atom. The van der Waals surface area contributed by atoms with Crippen molar-refractivity contribution >= 4 is 34.7 Å². The Kier molecular flexibility index (Phi) is 4.96. The van der Waals surface area contributed by atoms with Gasteiger partial charge in [0.25, 0.3) is 0 Å². The first kappa shape index (κ1) is 23.8. The lowest BCUT2D eigenvalue weighted by Gasteiger charge is -2.34. The lowest BCUT2D eigenvalue weighted by Crippen LogP contribution is -2.51. The molecule has 39 heavy (non-hydrogen) atoms. The minimum atomic E-state index is -2.20. The van der Waals surface area contributed by atoms with Gasteiger partial charge in [0, 0.05) is 27.3 Å². The van der Waals surface area contributed by atoms with Crippen molar-refractivity contribution in [1.82, 2.24) is 0 Å². The van der Waals surface area contributed by atoms with Crippen LogP contribution in [0.4, 0.5) is 4.39 Å². The molecule has 4 aromatic carbocycles. The summed E-state index contributed by atoms with van der Waals surface area (Å²) in [4.78, 5) is 57.6. The molecule has 0 N–H and O–H groups in total. The van der Waals surface area contributed by atoms with E-state index in [2.05, 4.69) is 0 Å². The van der Waals surface area contributed by atoms with Gasteiger partial charge in [0.15, 0.2) is 11.6 Å². The van der Waals surface area contributed by atoms with Gasteiger partial charge in [-0.15, -0.1) is 0 Å². The van der Waals surface area contributed by atoms with E-state index in [1.165, 1.54) is 36.4 Å². The summed E-state index contributed by atoms with van der Waals surface area (Å²) in [6.07, 6.45) is -1.35. The third kappa shape index (κ3) is 2.87. The fourth-order valence-corrected chi connectivity index (χ4v) is 6.75. The highest BCUT2D eigenvalue weighted by Crippen LogP contribution is 2.67. The number of benzene rings is 4. The number of hydrogen-bond donors (Lipinski definition) is 0. The van der Waals surface area contributed by atoms with Crippen molar-refractivity contribution < 1.29 is 28.3 Å². The number of carbonyl (C=O) groups excluding carboxylic acids is 4. The van der Waals surface area contributed by atoms with E-state index in [4.69, 9.17) is 16.3 Å². The summed E-state index contributed by atoms with van der Waals surface area (Å²) < 4.78 is 20.5. The number of rotatable bonds is 2. The molecule has 4 aromatic rings. The van der Waals surface area contributed by atoms with Crippen molar-refractivity contribution in [2.75, 3.05) is 0 Å². The normalized spacial score (nSPS) is 22.1. The number of halogens is 2. The van der Waals surface area contributed by atoms with Crippen LogP contribution >= 0.6 is 11.6 Å². The van der Waals surface area contributed by atoms with E-state index in [1.807, 2.05) is 0 Å². The number of Topliss-reactive ketones (excluding diaryl/α,β-unsaturated/α-hetero) is 4. The maximum Gasteiger partial charge on any atom is 0.204 e. The second-order valence-electron chi connectivity index (χ2n) is 10.0.